The minimum absolute atomic E-state index is 0.905. The number of para-hydroxylation sites is 6. The number of furan rings is 1. The molecule has 0 aliphatic carbocycles. The fraction of sp³-hybridized carbons (Fsp3) is 0. The number of aromatic nitrogens is 1. The minimum Gasteiger partial charge on any atom is -0.455 e. The number of benzene rings is 9. The average Bonchev–Trinajstić information content (AvgIpc) is 3.97. The number of hydrogen-bond acceptors (Lipinski definition) is 3. The zero-order chi connectivity index (χ0) is 38.2. The second kappa shape index (κ2) is 13.1. The van der Waals surface area contributed by atoms with E-state index < -0.39 is 0 Å². The van der Waals surface area contributed by atoms with E-state index in [0.29, 0.717) is 0 Å². The summed E-state index contributed by atoms with van der Waals surface area (Å²) in [7, 11) is 0. The van der Waals surface area contributed by atoms with Crippen LogP contribution in [0.25, 0.3) is 91.9 Å². The third-order valence-electron chi connectivity index (χ3n) is 11.6. The van der Waals surface area contributed by atoms with Crippen LogP contribution in [0.2, 0.25) is 0 Å². The van der Waals surface area contributed by atoms with E-state index in [1.165, 1.54) is 53.1 Å². The van der Waals surface area contributed by atoms with Crippen LogP contribution < -0.4 is 4.90 Å². The van der Waals surface area contributed by atoms with Gasteiger partial charge in [-0.15, -0.1) is 11.3 Å². The quantitative estimate of drug-likeness (QED) is 0.168. The first-order valence-electron chi connectivity index (χ1n) is 19.7. The number of nitrogens with zero attached hydrogens (tertiary/aromatic N) is 2. The topological polar surface area (TPSA) is 21.3 Å². The van der Waals surface area contributed by atoms with Crippen LogP contribution in [0.4, 0.5) is 17.1 Å². The Hall–Kier alpha value is -7.40. The van der Waals surface area contributed by atoms with Crippen LogP contribution in [-0.4, -0.2) is 4.57 Å². The number of thiophene rings is 1. The van der Waals surface area contributed by atoms with Crippen molar-refractivity contribution in [3.8, 4) is 27.9 Å². The lowest BCUT2D eigenvalue weighted by Gasteiger charge is -2.29. The molecule has 0 amide bonds. The van der Waals surface area contributed by atoms with E-state index >= 15 is 0 Å². The maximum Gasteiger partial charge on any atom is 0.143 e. The summed E-state index contributed by atoms with van der Waals surface area (Å²) in [5.74, 6) is 0. The molecule has 3 heterocycles. The van der Waals surface area contributed by atoms with Crippen LogP contribution in [-0.2, 0) is 0 Å². The normalized spacial score (nSPS) is 11.8. The smallest absolute Gasteiger partial charge is 0.143 e. The number of hydrogen-bond donors (Lipinski definition) is 0. The van der Waals surface area contributed by atoms with Crippen LogP contribution in [0.15, 0.2) is 211 Å². The highest BCUT2D eigenvalue weighted by molar-refractivity contribution is 7.26. The Morgan fingerprint density at radius 2 is 1.02 bits per heavy atom. The molecular weight excluding hydrogens is 725 g/mol. The summed E-state index contributed by atoms with van der Waals surface area (Å²) in [5, 5.41) is 7.30. The van der Waals surface area contributed by atoms with Crippen molar-refractivity contribution in [2.24, 2.45) is 0 Å². The minimum atomic E-state index is 0.905. The molecule has 58 heavy (non-hydrogen) atoms. The van der Waals surface area contributed by atoms with Crippen molar-refractivity contribution in [2.75, 3.05) is 4.90 Å². The Labute approximate surface area is 338 Å². The van der Waals surface area contributed by atoms with Gasteiger partial charge >= 0.3 is 0 Å². The highest BCUT2D eigenvalue weighted by Crippen LogP contribution is 2.50. The summed E-state index contributed by atoms with van der Waals surface area (Å²) < 4.78 is 11.5. The van der Waals surface area contributed by atoms with Gasteiger partial charge in [0, 0.05) is 69.8 Å². The zero-order valence-electron chi connectivity index (χ0n) is 31.3. The summed E-state index contributed by atoms with van der Waals surface area (Å²) in [6.07, 6.45) is 0. The molecule has 0 radical (unpaired) electrons. The van der Waals surface area contributed by atoms with Crippen LogP contribution in [0, 0.1) is 0 Å². The highest BCUT2D eigenvalue weighted by atomic mass is 32.1. The van der Waals surface area contributed by atoms with Crippen LogP contribution in [0.1, 0.15) is 0 Å². The lowest BCUT2D eigenvalue weighted by molar-refractivity contribution is 0.670. The molecule has 12 aromatic rings. The first-order valence-corrected chi connectivity index (χ1v) is 20.5. The van der Waals surface area contributed by atoms with Crippen molar-refractivity contribution in [3.05, 3.63) is 206 Å². The van der Waals surface area contributed by atoms with Gasteiger partial charge in [0.05, 0.1) is 22.4 Å². The molecule has 0 saturated heterocycles. The molecular formula is C54H34N2OS. The van der Waals surface area contributed by atoms with Crippen molar-refractivity contribution >= 4 is 92.3 Å². The summed E-state index contributed by atoms with van der Waals surface area (Å²) in [5.41, 5.74) is 13.2. The lowest BCUT2D eigenvalue weighted by Crippen LogP contribution is -2.11. The Morgan fingerprint density at radius 3 is 1.81 bits per heavy atom. The van der Waals surface area contributed by atoms with Gasteiger partial charge in [-0.2, -0.15) is 0 Å². The molecule has 0 atom stereocenters. The Bertz CT molecular complexity index is 3460. The molecule has 0 bridgehead atoms. The van der Waals surface area contributed by atoms with Gasteiger partial charge in [-0.1, -0.05) is 146 Å². The molecule has 0 N–H and O–H groups in total. The molecule has 9 aromatic carbocycles. The van der Waals surface area contributed by atoms with Gasteiger partial charge in [-0.25, -0.2) is 0 Å². The van der Waals surface area contributed by atoms with E-state index in [0.717, 1.165) is 55.8 Å². The SMILES string of the molecule is c1ccc(N(c2ccc(-c3cccc4c3oc3ccccc34)cc2)c2ccc3c(sc4ccccc43)c2-c2ccccc2-n2c3ccccc3c3ccccc32)cc1. The predicted octanol–water partition coefficient (Wildman–Crippen LogP) is 15.9. The Morgan fingerprint density at radius 1 is 0.414 bits per heavy atom. The molecule has 272 valence electrons. The van der Waals surface area contributed by atoms with E-state index in [2.05, 4.69) is 204 Å². The van der Waals surface area contributed by atoms with Crippen molar-refractivity contribution in [3.63, 3.8) is 0 Å². The van der Waals surface area contributed by atoms with E-state index in [-0.39, 0.29) is 0 Å². The Balaban J connectivity index is 1.11. The molecule has 3 nitrogen and oxygen atoms in total. The van der Waals surface area contributed by atoms with Crippen molar-refractivity contribution in [1.82, 2.24) is 4.57 Å². The van der Waals surface area contributed by atoms with Gasteiger partial charge in [-0.3, -0.25) is 0 Å². The monoisotopic (exact) mass is 758 g/mol. The van der Waals surface area contributed by atoms with E-state index in [1.807, 2.05) is 23.5 Å². The first-order chi connectivity index (χ1) is 28.8. The van der Waals surface area contributed by atoms with Gasteiger partial charge in [0.1, 0.15) is 11.2 Å². The highest BCUT2D eigenvalue weighted by Gasteiger charge is 2.25. The fourth-order valence-corrected chi connectivity index (χ4v) is 10.3. The third kappa shape index (κ3) is 4.99. The van der Waals surface area contributed by atoms with E-state index in [4.69, 9.17) is 4.42 Å². The first kappa shape index (κ1) is 32.8. The van der Waals surface area contributed by atoms with Crippen molar-refractivity contribution in [1.29, 1.82) is 0 Å². The second-order valence-electron chi connectivity index (χ2n) is 14.8. The standard InChI is InChI=1S/C54H34N2OS/c1-2-15-36(16-3-1)55(37-31-29-35(30-32-37)38-22-14-23-43-41-19-7-12-27-50(41)57-53(38)43)49-34-33-44-42-20-8-13-28-51(42)58-54(44)52(49)45-21-6-11-26-48(45)56-46-24-9-4-17-39(46)40-18-5-10-25-47(40)56/h1-34H. The second-order valence-corrected chi connectivity index (χ2v) is 15.9. The molecule has 0 aliphatic rings. The van der Waals surface area contributed by atoms with Gasteiger partial charge < -0.3 is 13.9 Å². The summed E-state index contributed by atoms with van der Waals surface area (Å²) in [6, 6.07) is 74.4. The summed E-state index contributed by atoms with van der Waals surface area (Å²) in [6.45, 7) is 0. The zero-order valence-corrected chi connectivity index (χ0v) is 32.2. The molecule has 0 aliphatic heterocycles. The average molecular weight is 759 g/mol. The molecule has 0 fully saturated rings. The largest absolute Gasteiger partial charge is 0.455 e. The van der Waals surface area contributed by atoms with Crippen LogP contribution in [0.3, 0.4) is 0 Å². The number of anilines is 3. The fourth-order valence-electron chi connectivity index (χ4n) is 9.06. The maximum absolute atomic E-state index is 6.47. The van der Waals surface area contributed by atoms with E-state index in [9.17, 15) is 0 Å². The van der Waals surface area contributed by atoms with Crippen molar-refractivity contribution in [2.45, 2.75) is 0 Å². The summed E-state index contributed by atoms with van der Waals surface area (Å²) >= 11 is 1.87. The van der Waals surface area contributed by atoms with Gasteiger partial charge in [0.25, 0.3) is 0 Å². The molecule has 0 unspecified atom stereocenters. The maximum atomic E-state index is 6.47. The number of fused-ring (bicyclic) bond motifs is 9. The van der Waals surface area contributed by atoms with Crippen LogP contribution >= 0.6 is 11.3 Å². The van der Waals surface area contributed by atoms with Gasteiger partial charge in [-0.05, 0) is 66.2 Å². The molecule has 0 saturated carbocycles. The van der Waals surface area contributed by atoms with Gasteiger partial charge in [0.2, 0.25) is 0 Å². The van der Waals surface area contributed by atoms with Crippen molar-refractivity contribution < 1.29 is 4.42 Å². The summed E-state index contributed by atoms with van der Waals surface area (Å²) in [4.78, 5) is 2.42. The predicted molar refractivity (Wildman–Crippen MR) is 247 cm³/mol. The molecule has 4 heteroatoms. The molecule has 0 spiro atoms. The molecule has 3 aromatic heterocycles. The van der Waals surface area contributed by atoms with Gasteiger partial charge in [0.15, 0.2) is 0 Å². The Kier molecular flexibility index (Phi) is 7.40. The third-order valence-corrected chi connectivity index (χ3v) is 12.8. The van der Waals surface area contributed by atoms with E-state index in [1.54, 1.807) is 0 Å². The van der Waals surface area contributed by atoms with Crippen LogP contribution in [0.5, 0.6) is 0 Å². The number of rotatable bonds is 6. The molecule has 12 rings (SSSR count). The lowest BCUT2D eigenvalue weighted by atomic mass is 9.97.